The highest BCUT2D eigenvalue weighted by Crippen LogP contribution is 2.04. The Morgan fingerprint density at radius 3 is 2.71 bits per heavy atom. The lowest BCUT2D eigenvalue weighted by atomic mass is 10.3. The fourth-order valence-electron chi connectivity index (χ4n) is 0.978. The quantitative estimate of drug-likeness (QED) is 0.848. The van der Waals surface area contributed by atoms with Crippen LogP contribution in [0, 0.1) is 0 Å². The topological polar surface area (TPSA) is 66.0 Å². The number of rotatable bonds is 4. The lowest BCUT2D eigenvalue weighted by Gasteiger charge is -2.07. The zero-order valence-corrected chi connectivity index (χ0v) is 9.85. The maximum absolute atomic E-state index is 5.67. The molecule has 0 aliphatic carbocycles. The Hall–Kier alpha value is -0.360. The monoisotopic (exact) mass is 242 g/mol. The lowest BCUT2D eigenvalue weighted by molar-refractivity contribution is 0.186. The highest BCUT2D eigenvalue weighted by atomic mass is 35.5. The van der Waals surface area contributed by atoms with Crippen LogP contribution in [0.1, 0.15) is 18.8 Å². The standard InChI is InChI=1S/C7H14N4O.2ClH/c1-6(8)7-10-9-5-11(7)3-4-12-2;;/h5-6H,3-4,8H2,1-2H3;2*1H. The van der Waals surface area contributed by atoms with E-state index in [0.29, 0.717) is 6.61 Å². The van der Waals surface area contributed by atoms with Gasteiger partial charge in [0.15, 0.2) is 0 Å². The van der Waals surface area contributed by atoms with Gasteiger partial charge in [-0.15, -0.1) is 35.0 Å². The van der Waals surface area contributed by atoms with Crippen molar-refractivity contribution in [2.45, 2.75) is 19.5 Å². The third-order valence-electron chi connectivity index (χ3n) is 1.59. The number of hydrogen-bond donors (Lipinski definition) is 1. The van der Waals surface area contributed by atoms with Gasteiger partial charge in [-0.1, -0.05) is 0 Å². The summed E-state index contributed by atoms with van der Waals surface area (Å²) < 4.78 is 6.83. The summed E-state index contributed by atoms with van der Waals surface area (Å²) in [6, 6.07) is -0.0793. The summed E-state index contributed by atoms with van der Waals surface area (Å²) in [6.07, 6.45) is 1.66. The van der Waals surface area contributed by atoms with E-state index in [9.17, 15) is 0 Å². The molecule has 1 aromatic heterocycles. The van der Waals surface area contributed by atoms with E-state index in [1.54, 1.807) is 13.4 Å². The molecule has 2 N–H and O–H groups in total. The zero-order valence-electron chi connectivity index (χ0n) is 8.21. The molecule has 0 aliphatic rings. The van der Waals surface area contributed by atoms with Crippen molar-refractivity contribution < 1.29 is 4.74 Å². The Morgan fingerprint density at radius 1 is 1.57 bits per heavy atom. The van der Waals surface area contributed by atoms with Crippen LogP contribution in [0.3, 0.4) is 0 Å². The van der Waals surface area contributed by atoms with Crippen LogP contribution < -0.4 is 5.73 Å². The molecule has 0 fully saturated rings. The van der Waals surface area contributed by atoms with Gasteiger partial charge in [0.1, 0.15) is 12.2 Å². The molecule has 1 heterocycles. The smallest absolute Gasteiger partial charge is 0.149 e. The van der Waals surface area contributed by atoms with Gasteiger partial charge in [-0.05, 0) is 6.92 Å². The number of methoxy groups -OCH3 is 1. The van der Waals surface area contributed by atoms with Crippen LogP contribution in [-0.4, -0.2) is 28.5 Å². The molecule has 7 heteroatoms. The molecule has 84 valence electrons. The van der Waals surface area contributed by atoms with Crippen molar-refractivity contribution in [3.8, 4) is 0 Å². The molecule has 1 aromatic rings. The molecule has 1 unspecified atom stereocenters. The van der Waals surface area contributed by atoms with E-state index in [1.807, 2.05) is 11.5 Å². The van der Waals surface area contributed by atoms with Crippen LogP contribution in [-0.2, 0) is 11.3 Å². The van der Waals surface area contributed by atoms with Crippen molar-refractivity contribution in [3.63, 3.8) is 0 Å². The minimum absolute atomic E-state index is 0. The molecular weight excluding hydrogens is 227 g/mol. The summed E-state index contributed by atoms with van der Waals surface area (Å²) in [5.41, 5.74) is 5.67. The lowest BCUT2D eigenvalue weighted by Crippen LogP contribution is -2.15. The molecule has 0 aliphatic heterocycles. The molecule has 0 radical (unpaired) electrons. The Balaban J connectivity index is 0. The molecule has 0 bridgehead atoms. The third-order valence-corrected chi connectivity index (χ3v) is 1.59. The van der Waals surface area contributed by atoms with E-state index >= 15 is 0 Å². The van der Waals surface area contributed by atoms with Gasteiger partial charge < -0.3 is 15.0 Å². The van der Waals surface area contributed by atoms with E-state index in [4.69, 9.17) is 10.5 Å². The Labute approximate surface area is 95.8 Å². The second-order valence-electron chi connectivity index (χ2n) is 2.66. The van der Waals surface area contributed by atoms with E-state index < -0.39 is 0 Å². The second kappa shape index (κ2) is 7.99. The fraction of sp³-hybridized carbons (Fsp3) is 0.714. The largest absolute Gasteiger partial charge is 0.383 e. The Morgan fingerprint density at radius 2 is 2.21 bits per heavy atom. The molecule has 5 nitrogen and oxygen atoms in total. The minimum atomic E-state index is -0.0793. The fourth-order valence-corrected chi connectivity index (χ4v) is 0.978. The minimum Gasteiger partial charge on any atom is -0.383 e. The number of nitrogens with zero attached hydrogens (tertiary/aromatic N) is 3. The molecule has 1 rings (SSSR count). The molecule has 0 amide bonds. The summed E-state index contributed by atoms with van der Waals surface area (Å²) >= 11 is 0. The highest BCUT2D eigenvalue weighted by molar-refractivity contribution is 5.85. The summed E-state index contributed by atoms with van der Waals surface area (Å²) in [6.45, 7) is 3.28. The summed E-state index contributed by atoms with van der Waals surface area (Å²) in [5.74, 6) is 0.798. The molecule has 0 saturated heterocycles. The predicted molar refractivity (Wildman–Crippen MR) is 59.0 cm³/mol. The molecule has 0 spiro atoms. The van der Waals surface area contributed by atoms with E-state index in [0.717, 1.165) is 12.4 Å². The van der Waals surface area contributed by atoms with E-state index in [2.05, 4.69) is 10.2 Å². The van der Waals surface area contributed by atoms with Crippen molar-refractivity contribution in [1.82, 2.24) is 14.8 Å². The molecule has 1 atom stereocenters. The van der Waals surface area contributed by atoms with Crippen molar-refractivity contribution >= 4 is 24.8 Å². The number of ether oxygens (including phenoxy) is 1. The average molecular weight is 243 g/mol. The third kappa shape index (κ3) is 4.23. The normalized spacial score (nSPS) is 11.4. The maximum atomic E-state index is 5.67. The van der Waals surface area contributed by atoms with Crippen LogP contribution in [0.2, 0.25) is 0 Å². The van der Waals surface area contributed by atoms with Crippen molar-refractivity contribution in [1.29, 1.82) is 0 Å². The number of hydrogen-bond acceptors (Lipinski definition) is 4. The van der Waals surface area contributed by atoms with Crippen molar-refractivity contribution in [2.24, 2.45) is 5.73 Å². The Bertz CT molecular complexity index is 241. The van der Waals surface area contributed by atoms with Gasteiger partial charge in [0.2, 0.25) is 0 Å². The summed E-state index contributed by atoms with van der Waals surface area (Å²) in [5, 5.41) is 7.67. The van der Waals surface area contributed by atoms with Gasteiger partial charge in [-0.2, -0.15) is 0 Å². The molecule has 0 saturated carbocycles. The second-order valence-corrected chi connectivity index (χ2v) is 2.66. The predicted octanol–water partition coefficient (Wildman–Crippen LogP) is 0.788. The number of nitrogens with two attached hydrogens (primary N) is 1. The van der Waals surface area contributed by atoms with Crippen LogP contribution in [0.5, 0.6) is 0 Å². The SMILES string of the molecule is COCCn1cnnc1C(C)N.Cl.Cl. The van der Waals surface area contributed by atoms with Crippen LogP contribution in [0.4, 0.5) is 0 Å². The van der Waals surface area contributed by atoms with Gasteiger partial charge in [0, 0.05) is 13.7 Å². The average Bonchev–Trinajstić information content (AvgIpc) is 2.48. The number of aromatic nitrogens is 3. The van der Waals surface area contributed by atoms with E-state index in [-0.39, 0.29) is 30.9 Å². The number of halogens is 2. The summed E-state index contributed by atoms with van der Waals surface area (Å²) in [4.78, 5) is 0. The first-order chi connectivity index (χ1) is 5.75. The van der Waals surface area contributed by atoms with E-state index in [1.165, 1.54) is 0 Å². The molecular formula is C7H16Cl2N4O. The van der Waals surface area contributed by atoms with Crippen molar-refractivity contribution in [2.75, 3.05) is 13.7 Å². The van der Waals surface area contributed by atoms with Crippen molar-refractivity contribution in [3.05, 3.63) is 12.2 Å². The first-order valence-corrected chi connectivity index (χ1v) is 3.88. The van der Waals surface area contributed by atoms with Crippen LogP contribution in [0.15, 0.2) is 6.33 Å². The van der Waals surface area contributed by atoms with Crippen LogP contribution in [0.25, 0.3) is 0 Å². The van der Waals surface area contributed by atoms with Gasteiger partial charge >= 0.3 is 0 Å². The van der Waals surface area contributed by atoms with Gasteiger partial charge in [-0.25, -0.2) is 0 Å². The molecule has 0 aromatic carbocycles. The highest BCUT2D eigenvalue weighted by Gasteiger charge is 2.07. The van der Waals surface area contributed by atoms with Crippen LogP contribution >= 0.6 is 24.8 Å². The molecule has 14 heavy (non-hydrogen) atoms. The maximum Gasteiger partial charge on any atom is 0.149 e. The first-order valence-electron chi connectivity index (χ1n) is 3.88. The van der Waals surface area contributed by atoms with Gasteiger partial charge in [0.05, 0.1) is 12.6 Å². The summed E-state index contributed by atoms with van der Waals surface area (Å²) in [7, 11) is 1.66. The van der Waals surface area contributed by atoms with Gasteiger partial charge in [0.25, 0.3) is 0 Å². The Kier molecular flexibility index (Phi) is 9.18. The first kappa shape index (κ1) is 16.1. The zero-order chi connectivity index (χ0) is 8.97. The van der Waals surface area contributed by atoms with Gasteiger partial charge in [-0.3, -0.25) is 0 Å².